The van der Waals surface area contributed by atoms with Crippen LogP contribution in [0.25, 0.3) is 16.9 Å². The zero-order valence-corrected chi connectivity index (χ0v) is 17.5. The number of nitrogens with zero attached hydrogens (tertiary/aromatic N) is 5. The van der Waals surface area contributed by atoms with E-state index in [4.69, 9.17) is 5.73 Å². The van der Waals surface area contributed by atoms with E-state index in [9.17, 15) is 28.2 Å². The topological polar surface area (TPSA) is 130 Å². The van der Waals surface area contributed by atoms with Crippen molar-refractivity contribution in [3.8, 4) is 11.3 Å². The summed E-state index contributed by atoms with van der Waals surface area (Å²) in [5.74, 6) is -0.213. The summed E-state index contributed by atoms with van der Waals surface area (Å²) < 4.78 is 43.2. The van der Waals surface area contributed by atoms with Gasteiger partial charge in [0, 0.05) is 23.7 Å². The van der Waals surface area contributed by atoms with Crippen LogP contribution < -0.4 is 5.73 Å². The van der Waals surface area contributed by atoms with Crippen LogP contribution in [0.1, 0.15) is 41.3 Å². The molecule has 2 aromatic heterocycles. The van der Waals surface area contributed by atoms with E-state index in [0.29, 0.717) is 17.2 Å². The minimum Gasteiger partial charge on any atom is -0.393 e. The van der Waals surface area contributed by atoms with E-state index in [0.717, 1.165) is 18.9 Å². The van der Waals surface area contributed by atoms with Crippen molar-refractivity contribution in [1.82, 2.24) is 24.5 Å². The van der Waals surface area contributed by atoms with Gasteiger partial charge in [-0.1, -0.05) is 0 Å². The second kappa shape index (κ2) is 7.12. The van der Waals surface area contributed by atoms with E-state index < -0.39 is 29.9 Å². The number of aliphatic hydroxyl groups is 2. The number of hydrogen-bond donors (Lipinski definition) is 3. The lowest BCUT2D eigenvalue weighted by atomic mass is 9.86. The fourth-order valence-electron chi connectivity index (χ4n) is 4.47. The number of amides is 1. The van der Waals surface area contributed by atoms with E-state index in [1.165, 1.54) is 21.9 Å². The number of aliphatic hydroxyl groups excluding tert-OH is 1. The Morgan fingerprint density at radius 1 is 1.27 bits per heavy atom. The molecular formula is C21H21F3N6O3. The van der Waals surface area contributed by atoms with Gasteiger partial charge in [0.05, 0.1) is 24.1 Å². The Morgan fingerprint density at radius 2 is 2.00 bits per heavy atom. The van der Waals surface area contributed by atoms with Gasteiger partial charge < -0.3 is 20.8 Å². The largest absolute Gasteiger partial charge is 0.423 e. The molecule has 5 rings (SSSR count). The van der Waals surface area contributed by atoms with Gasteiger partial charge in [0.25, 0.3) is 5.91 Å². The number of rotatable bonds is 5. The summed E-state index contributed by atoms with van der Waals surface area (Å²) in [7, 11) is 0. The van der Waals surface area contributed by atoms with Crippen molar-refractivity contribution in [3.63, 3.8) is 0 Å². The summed E-state index contributed by atoms with van der Waals surface area (Å²) in [6.45, 7) is 0.328. The molecule has 0 bridgehead atoms. The van der Waals surface area contributed by atoms with Gasteiger partial charge in [0.15, 0.2) is 11.5 Å². The van der Waals surface area contributed by atoms with Crippen LogP contribution in [0.3, 0.4) is 0 Å². The maximum atomic E-state index is 14.0. The van der Waals surface area contributed by atoms with E-state index in [-0.39, 0.29) is 35.2 Å². The summed E-state index contributed by atoms with van der Waals surface area (Å²) in [5, 5.41) is 24.3. The summed E-state index contributed by atoms with van der Waals surface area (Å²) in [4.78, 5) is 22.8. The molecule has 3 aromatic rings. The number of halogens is 3. The third-order valence-electron chi connectivity index (χ3n) is 6.60. The van der Waals surface area contributed by atoms with Crippen LogP contribution in [0, 0.1) is 5.92 Å². The fourth-order valence-corrected chi connectivity index (χ4v) is 4.47. The third kappa shape index (κ3) is 3.16. The first kappa shape index (κ1) is 21.6. The Morgan fingerprint density at radius 3 is 2.64 bits per heavy atom. The molecule has 2 aliphatic rings. The number of aromatic nitrogens is 4. The SMILES string of the molecule is CC(C1CC1)N1Cc2cc(-c3cnc4c(N)ncnn34)cc(C(O)(CO)C(F)(F)F)c2C1=O. The van der Waals surface area contributed by atoms with Crippen molar-refractivity contribution in [2.24, 2.45) is 5.92 Å². The summed E-state index contributed by atoms with van der Waals surface area (Å²) in [5.41, 5.74) is 2.32. The van der Waals surface area contributed by atoms with Gasteiger partial charge in [-0.3, -0.25) is 4.79 Å². The third-order valence-corrected chi connectivity index (χ3v) is 6.60. The van der Waals surface area contributed by atoms with Gasteiger partial charge in [0.2, 0.25) is 5.60 Å². The molecule has 1 fully saturated rings. The number of alkyl halides is 3. The van der Waals surface area contributed by atoms with Crippen LogP contribution in [0.15, 0.2) is 24.7 Å². The molecule has 1 aliphatic carbocycles. The zero-order valence-electron chi connectivity index (χ0n) is 17.5. The first-order valence-corrected chi connectivity index (χ1v) is 10.4. The predicted octanol–water partition coefficient (Wildman–Crippen LogP) is 1.87. The first-order chi connectivity index (χ1) is 15.6. The Hall–Kier alpha value is -3.25. The number of nitrogens with two attached hydrogens (primary N) is 1. The molecule has 3 heterocycles. The minimum atomic E-state index is -5.23. The quantitative estimate of drug-likeness (QED) is 0.528. The highest BCUT2D eigenvalue weighted by atomic mass is 19.4. The number of imidazole rings is 1. The van der Waals surface area contributed by atoms with Crippen LogP contribution >= 0.6 is 0 Å². The molecule has 174 valence electrons. The van der Waals surface area contributed by atoms with Crippen LogP contribution in [0.4, 0.5) is 19.0 Å². The maximum Gasteiger partial charge on any atom is 0.423 e. The monoisotopic (exact) mass is 462 g/mol. The predicted molar refractivity (Wildman–Crippen MR) is 110 cm³/mol. The van der Waals surface area contributed by atoms with E-state index >= 15 is 0 Å². The second-order valence-electron chi connectivity index (χ2n) is 8.61. The number of benzene rings is 1. The van der Waals surface area contributed by atoms with Crippen molar-refractivity contribution in [2.45, 2.75) is 44.1 Å². The molecule has 12 heteroatoms. The second-order valence-corrected chi connectivity index (χ2v) is 8.61. The summed E-state index contributed by atoms with van der Waals surface area (Å²) >= 11 is 0. The molecule has 1 saturated carbocycles. The molecule has 1 amide bonds. The highest BCUT2D eigenvalue weighted by Crippen LogP contribution is 2.46. The van der Waals surface area contributed by atoms with Gasteiger partial charge >= 0.3 is 6.18 Å². The standard InChI is InChI=1S/C21H21F3N6O3/c1-10(11-2-3-11)29-7-13-4-12(15-6-26-18-17(25)27-9-28-30(15)18)5-14(16(13)19(29)32)20(33,8-31)21(22,23)24/h4-6,9-11,31,33H,2-3,7-8H2,1H3,(H2,25,27,28). The smallest absolute Gasteiger partial charge is 0.393 e. The van der Waals surface area contributed by atoms with Crippen molar-refractivity contribution in [1.29, 1.82) is 0 Å². The first-order valence-electron chi connectivity index (χ1n) is 10.4. The molecule has 9 nitrogen and oxygen atoms in total. The highest BCUT2D eigenvalue weighted by Gasteiger charge is 2.57. The fraction of sp³-hybridized carbons (Fsp3) is 0.429. The number of carbonyl (C=O) groups excluding carboxylic acids is 1. The van der Waals surface area contributed by atoms with Crippen LogP contribution in [-0.2, 0) is 12.1 Å². The normalized spacial score (nSPS) is 19.1. The maximum absolute atomic E-state index is 14.0. The van der Waals surface area contributed by atoms with Gasteiger partial charge in [0.1, 0.15) is 6.33 Å². The van der Waals surface area contributed by atoms with Crippen molar-refractivity contribution in [2.75, 3.05) is 12.3 Å². The van der Waals surface area contributed by atoms with Gasteiger partial charge in [-0.2, -0.15) is 18.3 Å². The molecule has 2 unspecified atom stereocenters. The van der Waals surface area contributed by atoms with Gasteiger partial charge in [-0.25, -0.2) is 14.5 Å². The summed E-state index contributed by atoms with van der Waals surface area (Å²) in [6, 6.07) is 2.50. The Balaban J connectivity index is 1.73. The number of anilines is 1. The lowest BCUT2D eigenvalue weighted by Crippen LogP contribution is -2.47. The molecule has 1 aliphatic heterocycles. The molecular weight excluding hydrogens is 441 g/mol. The number of hydrogen-bond acceptors (Lipinski definition) is 7. The van der Waals surface area contributed by atoms with Crippen molar-refractivity contribution >= 4 is 17.4 Å². The van der Waals surface area contributed by atoms with Crippen LogP contribution in [0.5, 0.6) is 0 Å². The number of nitrogen functional groups attached to an aromatic ring is 1. The van der Waals surface area contributed by atoms with Crippen molar-refractivity contribution < 1.29 is 28.2 Å². The lowest BCUT2D eigenvalue weighted by Gasteiger charge is -2.31. The van der Waals surface area contributed by atoms with Crippen molar-refractivity contribution in [3.05, 3.63) is 41.3 Å². The Bertz CT molecular complexity index is 1270. The number of carbonyl (C=O) groups is 1. The van der Waals surface area contributed by atoms with Crippen LogP contribution in [-0.4, -0.2) is 59.4 Å². The molecule has 33 heavy (non-hydrogen) atoms. The van der Waals surface area contributed by atoms with E-state index in [1.54, 1.807) is 6.07 Å². The minimum absolute atomic E-state index is 0.0828. The molecule has 0 radical (unpaired) electrons. The molecule has 0 saturated heterocycles. The van der Waals surface area contributed by atoms with Crippen LogP contribution in [0.2, 0.25) is 0 Å². The molecule has 1 aromatic carbocycles. The van der Waals surface area contributed by atoms with Gasteiger partial charge in [-0.05, 0) is 43.4 Å². The Labute approximate surface area is 185 Å². The van der Waals surface area contributed by atoms with E-state index in [1.807, 2.05) is 6.92 Å². The molecule has 4 N–H and O–H groups in total. The zero-order chi connectivity index (χ0) is 23.7. The number of fused-ring (bicyclic) bond motifs is 2. The summed E-state index contributed by atoms with van der Waals surface area (Å²) in [6.07, 6.45) is -0.768. The lowest BCUT2D eigenvalue weighted by molar-refractivity contribution is -0.277. The van der Waals surface area contributed by atoms with Gasteiger partial charge in [-0.15, -0.1) is 0 Å². The Kier molecular flexibility index (Phi) is 4.66. The highest BCUT2D eigenvalue weighted by molar-refractivity contribution is 6.01. The molecule has 2 atom stereocenters. The molecule has 0 spiro atoms. The average molecular weight is 462 g/mol. The average Bonchev–Trinajstić information content (AvgIpc) is 3.44. The van der Waals surface area contributed by atoms with E-state index in [2.05, 4.69) is 15.1 Å².